The largest absolute Gasteiger partial charge is 0.334 e. The highest BCUT2D eigenvalue weighted by molar-refractivity contribution is 7.98. The van der Waals surface area contributed by atoms with Crippen molar-refractivity contribution in [2.75, 3.05) is 6.26 Å². The maximum Gasteiger partial charge on any atom is 0.334 e. The lowest BCUT2D eigenvalue weighted by Gasteiger charge is -2.11. The Balaban J connectivity index is 1.92. The van der Waals surface area contributed by atoms with Crippen molar-refractivity contribution in [1.82, 2.24) is 28.9 Å². The maximum atomic E-state index is 15.1. The molecule has 7 nitrogen and oxygen atoms in total. The molecule has 0 saturated carbocycles. The molecule has 5 rings (SSSR count). The van der Waals surface area contributed by atoms with Crippen LogP contribution in [0, 0.1) is 12.7 Å². The molecule has 0 N–H and O–H groups in total. The van der Waals surface area contributed by atoms with Crippen LogP contribution in [0.1, 0.15) is 18.2 Å². The molecule has 5 aromatic rings. The third kappa shape index (κ3) is 3.26. The standard InChI is InChI=1S/C24H23FN6OS/c1-6-14-7-18(25)23(27-10-14)31-22-16-8-15(17-12-29(3)28-13(17)2)21(33-5)9-19(16)26-11-20(22)30(4)24(31)32/h7-12H,6H2,1-5H3. The van der Waals surface area contributed by atoms with Gasteiger partial charge in [-0.3, -0.25) is 14.2 Å². The summed E-state index contributed by atoms with van der Waals surface area (Å²) in [7, 11) is 3.55. The number of hydrogen-bond acceptors (Lipinski definition) is 5. The van der Waals surface area contributed by atoms with Gasteiger partial charge in [-0.2, -0.15) is 5.10 Å². The molecule has 0 aliphatic heterocycles. The maximum absolute atomic E-state index is 15.1. The quantitative estimate of drug-likeness (QED) is 0.370. The van der Waals surface area contributed by atoms with E-state index in [0.717, 1.165) is 38.2 Å². The zero-order chi connectivity index (χ0) is 23.4. The summed E-state index contributed by atoms with van der Waals surface area (Å²) in [6, 6.07) is 5.47. The molecule has 0 amide bonds. The number of rotatable bonds is 4. The molecule has 0 bridgehead atoms. The van der Waals surface area contributed by atoms with E-state index in [-0.39, 0.29) is 11.5 Å². The number of thioether (sulfide) groups is 1. The predicted molar refractivity (Wildman–Crippen MR) is 130 cm³/mol. The Labute approximate surface area is 193 Å². The van der Waals surface area contributed by atoms with Gasteiger partial charge in [-0.15, -0.1) is 11.8 Å². The zero-order valence-electron chi connectivity index (χ0n) is 19.0. The average Bonchev–Trinajstić information content (AvgIpc) is 3.28. The lowest BCUT2D eigenvalue weighted by Crippen LogP contribution is -2.22. The van der Waals surface area contributed by atoms with Gasteiger partial charge in [0.15, 0.2) is 11.6 Å². The number of fused-ring (bicyclic) bond motifs is 3. The zero-order valence-corrected chi connectivity index (χ0v) is 19.9. The smallest absolute Gasteiger partial charge is 0.293 e. The normalized spacial score (nSPS) is 11.7. The number of halogens is 1. The Morgan fingerprint density at radius 2 is 1.88 bits per heavy atom. The van der Waals surface area contributed by atoms with Gasteiger partial charge in [0.2, 0.25) is 0 Å². The third-order valence-corrected chi connectivity index (χ3v) is 6.78. The van der Waals surface area contributed by atoms with Crippen molar-refractivity contribution in [3.8, 4) is 16.9 Å². The highest BCUT2D eigenvalue weighted by Gasteiger charge is 2.21. The molecule has 33 heavy (non-hydrogen) atoms. The van der Waals surface area contributed by atoms with Crippen molar-refractivity contribution in [1.29, 1.82) is 0 Å². The molecule has 0 saturated heterocycles. The van der Waals surface area contributed by atoms with Crippen LogP contribution in [0.2, 0.25) is 0 Å². The van der Waals surface area contributed by atoms with Gasteiger partial charge in [0.1, 0.15) is 0 Å². The minimum absolute atomic E-state index is 0.0108. The Hall–Kier alpha value is -3.46. The van der Waals surface area contributed by atoms with Gasteiger partial charge in [0.05, 0.1) is 28.4 Å². The summed E-state index contributed by atoms with van der Waals surface area (Å²) in [5.41, 5.74) is 5.22. The van der Waals surface area contributed by atoms with Gasteiger partial charge >= 0.3 is 5.69 Å². The van der Waals surface area contributed by atoms with Gasteiger partial charge in [0, 0.05) is 42.3 Å². The summed E-state index contributed by atoms with van der Waals surface area (Å²) in [4.78, 5) is 23.2. The van der Waals surface area contributed by atoms with Crippen LogP contribution in [-0.2, 0) is 20.5 Å². The number of pyridine rings is 2. The van der Waals surface area contributed by atoms with Gasteiger partial charge in [-0.1, -0.05) is 6.92 Å². The molecule has 0 radical (unpaired) electrons. The number of benzene rings is 1. The predicted octanol–water partition coefficient (Wildman–Crippen LogP) is 4.40. The van der Waals surface area contributed by atoms with E-state index in [9.17, 15) is 4.79 Å². The van der Waals surface area contributed by atoms with E-state index in [1.54, 1.807) is 35.9 Å². The molecule has 0 aliphatic rings. The second-order valence-electron chi connectivity index (χ2n) is 8.04. The van der Waals surface area contributed by atoms with Crippen LogP contribution in [0.4, 0.5) is 4.39 Å². The van der Waals surface area contributed by atoms with Crippen LogP contribution in [0.25, 0.3) is 38.9 Å². The first-order valence-electron chi connectivity index (χ1n) is 10.6. The topological polar surface area (TPSA) is 70.5 Å². The van der Waals surface area contributed by atoms with E-state index >= 15 is 4.39 Å². The van der Waals surface area contributed by atoms with Crippen LogP contribution < -0.4 is 5.69 Å². The van der Waals surface area contributed by atoms with Gasteiger partial charge in [-0.25, -0.2) is 18.7 Å². The van der Waals surface area contributed by atoms with Crippen molar-refractivity contribution in [3.63, 3.8) is 0 Å². The molecule has 0 atom stereocenters. The van der Waals surface area contributed by atoms with Gasteiger partial charge in [0.25, 0.3) is 0 Å². The van der Waals surface area contributed by atoms with E-state index < -0.39 is 5.82 Å². The van der Waals surface area contributed by atoms with E-state index in [0.29, 0.717) is 17.5 Å². The van der Waals surface area contributed by atoms with E-state index in [2.05, 4.69) is 15.1 Å². The molecular weight excluding hydrogens is 439 g/mol. The fraction of sp³-hybridized carbons (Fsp3) is 0.250. The molecule has 1 aromatic carbocycles. The molecule has 9 heteroatoms. The van der Waals surface area contributed by atoms with E-state index in [1.807, 2.05) is 45.5 Å². The Bertz CT molecular complexity index is 1610. The first kappa shape index (κ1) is 21.4. The van der Waals surface area contributed by atoms with Crippen molar-refractivity contribution < 1.29 is 4.39 Å². The molecular formula is C24H23FN6OS. The lowest BCUT2D eigenvalue weighted by molar-refractivity contribution is 0.605. The minimum atomic E-state index is -0.530. The summed E-state index contributed by atoms with van der Waals surface area (Å²) in [6.07, 6.45) is 7.93. The second kappa shape index (κ2) is 7.84. The fourth-order valence-electron chi connectivity index (χ4n) is 4.29. The van der Waals surface area contributed by atoms with Crippen molar-refractivity contribution in [2.24, 2.45) is 14.1 Å². The van der Waals surface area contributed by atoms with Crippen LogP contribution in [0.3, 0.4) is 0 Å². The van der Waals surface area contributed by atoms with Crippen LogP contribution in [0.15, 0.2) is 46.5 Å². The van der Waals surface area contributed by atoms with E-state index in [1.165, 1.54) is 15.2 Å². The van der Waals surface area contributed by atoms with Crippen LogP contribution in [0.5, 0.6) is 0 Å². The Kier molecular flexibility index (Phi) is 5.08. The fourth-order valence-corrected chi connectivity index (χ4v) is 4.91. The number of imidazole rings is 1. The van der Waals surface area contributed by atoms with Crippen LogP contribution >= 0.6 is 11.8 Å². The summed E-state index contributed by atoms with van der Waals surface area (Å²) in [6.45, 7) is 3.90. The molecule has 0 fully saturated rings. The number of nitrogens with zero attached hydrogens (tertiary/aromatic N) is 6. The number of aryl methyl sites for hydroxylation is 4. The lowest BCUT2D eigenvalue weighted by atomic mass is 10.0. The number of hydrogen-bond donors (Lipinski definition) is 0. The minimum Gasteiger partial charge on any atom is -0.293 e. The average molecular weight is 463 g/mol. The van der Waals surface area contributed by atoms with Crippen molar-refractivity contribution >= 4 is 33.7 Å². The van der Waals surface area contributed by atoms with E-state index in [4.69, 9.17) is 0 Å². The summed E-state index contributed by atoms with van der Waals surface area (Å²) < 4.78 is 19.7. The van der Waals surface area contributed by atoms with Gasteiger partial charge in [-0.05, 0) is 48.9 Å². The first-order valence-corrected chi connectivity index (χ1v) is 11.8. The molecule has 0 unspecified atom stereocenters. The number of aromatic nitrogens is 6. The highest BCUT2D eigenvalue weighted by Crippen LogP contribution is 2.37. The first-order chi connectivity index (χ1) is 15.8. The van der Waals surface area contributed by atoms with Gasteiger partial charge < -0.3 is 0 Å². The highest BCUT2D eigenvalue weighted by atomic mass is 32.2. The Morgan fingerprint density at radius 3 is 2.52 bits per heavy atom. The second-order valence-corrected chi connectivity index (χ2v) is 8.89. The molecule has 0 spiro atoms. The SMILES string of the molecule is CCc1cnc(-n2c(=O)n(C)c3cnc4cc(SC)c(-c5cn(C)nc5C)cc4c32)c(F)c1. The molecule has 4 aromatic heterocycles. The Morgan fingerprint density at radius 1 is 1.09 bits per heavy atom. The summed E-state index contributed by atoms with van der Waals surface area (Å²) in [5.74, 6) is -0.540. The summed E-state index contributed by atoms with van der Waals surface area (Å²) >= 11 is 1.62. The monoisotopic (exact) mass is 462 g/mol. The van der Waals surface area contributed by atoms with Crippen molar-refractivity contribution in [2.45, 2.75) is 25.2 Å². The summed E-state index contributed by atoms with van der Waals surface area (Å²) in [5, 5.41) is 5.24. The molecule has 0 aliphatic carbocycles. The third-order valence-electron chi connectivity index (χ3n) is 6.01. The molecule has 4 heterocycles. The van der Waals surface area contributed by atoms with Crippen LogP contribution in [-0.4, -0.2) is 35.1 Å². The molecule has 168 valence electrons. The van der Waals surface area contributed by atoms with Crippen molar-refractivity contribution in [3.05, 3.63) is 64.3 Å².